The summed E-state index contributed by atoms with van der Waals surface area (Å²) in [6, 6.07) is 23.2. The number of esters is 1. The zero-order chi connectivity index (χ0) is 24.8. The molecule has 1 unspecified atom stereocenters. The van der Waals surface area contributed by atoms with Crippen LogP contribution in [0.4, 0.5) is 9.39 Å². The van der Waals surface area contributed by atoms with E-state index >= 15 is 0 Å². The fourth-order valence-electron chi connectivity index (χ4n) is 3.53. The molecule has 3 aromatic carbocycles. The van der Waals surface area contributed by atoms with E-state index in [-0.39, 0.29) is 18.0 Å². The number of hydrogen-bond acceptors (Lipinski definition) is 5. The molecule has 0 radical (unpaired) electrons. The van der Waals surface area contributed by atoms with Gasteiger partial charge in [0.05, 0.1) is 6.61 Å². The van der Waals surface area contributed by atoms with Crippen molar-refractivity contribution in [3.63, 3.8) is 0 Å². The standard InChI is InChI=1S/C28H24FNO4S/c1-3-33-28(32)25-24(21-9-13-22(29)14-10-21)17-35-27(25)30-26(31)18(2)34-23-15-11-20(12-16-23)19-7-5-4-6-8-19/h4-18H,3H2,1-2H3,(H,30,31). The van der Waals surface area contributed by atoms with E-state index in [0.29, 0.717) is 21.9 Å². The molecular weight excluding hydrogens is 465 g/mol. The highest BCUT2D eigenvalue weighted by Gasteiger charge is 2.25. The molecule has 0 bridgehead atoms. The Bertz CT molecular complexity index is 1300. The van der Waals surface area contributed by atoms with Crippen molar-refractivity contribution in [2.75, 3.05) is 11.9 Å². The number of carbonyl (C=O) groups excluding carboxylic acids is 2. The zero-order valence-electron chi connectivity index (χ0n) is 19.3. The Morgan fingerprint density at radius 2 is 1.54 bits per heavy atom. The van der Waals surface area contributed by atoms with Gasteiger partial charge in [0.15, 0.2) is 6.10 Å². The van der Waals surface area contributed by atoms with Gasteiger partial charge in [0.2, 0.25) is 0 Å². The van der Waals surface area contributed by atoms with Crippen LogP contribution in [0.15, 0.2) is 84.2 Å². The van der Waals surface area contributed by atoms with E-state index in [9.17, 15) is 14.0 Å². The highest BCUT2D eigenvalue weighted by Crippen LogP contribution is 2.36. The second-order valence-electron chi connectivity index (χ2n) is 7.72. The largest absolute Gasteiger partial charge is 0.481 e. The fourth-order valence-corrected chi connectivity index (χ4v) is 4.49. The second kappa shape index (κ2) is 11.0. The van der Waals surface area contributed by atoms with Crippen molar-refractivity contribution in [2.45, 2.75) is 20.0 Å². The van der Waals surface area contributed by atoms with Crippen LogP contribution in [0.25, 0.3) is 22.3 Å². The molecule has 0 spiro atoms. The number of thiophene rings is 1. The Kier molecular flexibility index (Phi) is 7.57. The number of carbonyl (C=O) groups is 2. The average Bonchev–Trinajstić information content (AvgIpc) is 3.29. The molecular formula is C28H24FNO4S. The first-order chi connectivity index (χ1) is 17.0. The van der Waals surface area contributed by atoms with E-state index in [0.717, 1.165) is 11.1 Å². The maximum absolute atomic E-state index is 13.4. The van der Waals surface area contributed by atoms with Crippen LogP contribution in [0.2, 0.25) is 0 Å². The zero-order valence-corrected chi connectivity index (χ0v) is 20.1. The number of amides is 1. The Hall–Kier alpha value is -3.97. The second-order valence-corrected chi connectivity index (χ2v) is 8.60. The average molecular weight is 490 g/mol. The number of anilines is 1. The van der Waals surface area contributed by atoms with Crippen molar-refractivity contribution in [1.29, 1.82) is 0 Å². The summed E-state index contributed by atoms with van der Waals surface area (Å²) in [5.74, 6) is -0.794. The molecule has 5 nitrogen and oxygen atoms in total. The molecule has 7 heteroatoms. The minimum absolute atomic E-state index is 0.184. The molecule has 1 atom stereocenters. The normalized spacial score (nSPS) is 11.5. The molecule has 4 aromatic rings. The number of halogens is 1. The summed E-state index contributed by atoms with van der Waals surface area (Å²) in [7, 11) is 0. The lowest BCUT2D eigenvalue weighted by Gasteiger charge is -2.15. The molecule has 0 saturated heterocycles. The molecule has 1 amide bonds. The third-order valence-corrected chi connectivity index (χ3v) is 6.20. The van der Waals surface area contributed by atoms with Crippen LogP contribution < -0.4 is 10.1 Å². The van der Waals surface area contributed by atoms with Crippen molar-refractivity contribution in [2.24, 2.45) is 0 Å². The molecule has 0 saturated carbocycles. The molecule has 1 N–H and O–H groups in total. The van der Waals surface area contributed by atoms with Crippen molar-refractivity contribution in [3.8, 4) is 28.0 Å². The van der Waals surface area contributed by atoms with E-state index < -0.39 is 18.0 Å². The molecule has 0 aliphatic carbocycles. The third-order valence-electron chi connectivity index (χ3n) is 5.31. The Morgan fingerprint density at radius 3 is 2.20 bits per heavy atom. The number of benzene rings is 3. The van der Waals surface area contributed by atoms with Crippen molar-refractivity contribution in [1.82, 2.24) is 0 Å². The lowest BCUT2D eigenvalue weighted by atomic mass is 10.0. The van der Waals surface area contributed by atoms with E-state index in [1.54, 1.807) is 31.4 Å². The molecule has 1 aromatic heterocycles. The van der Waals surface area contributed by atoms with Gasteiger partial charge >= 0.3 is 5.97 Å². The monoisotopic (exact) mass is 489 g/mol. The first-order valence-corrected chi connectivity index (χ1v) is 12.0. The van der Waals surface area contributed by atoms with Crippen LogP contribution in [0.1, 0.15) is 24.2 Å². The van der Waals surface area contributed by atoms with Gasteiger partial charge in [-0.25, -0.2) is 9.18 Å². The van der Waals surface area contributed by atoms with Crippen molar-refractivity contribution >= 4 is 28.2 Å². The fraction of sp³-hybridized carbons (Fsp3) is 0.143. The van der Waals surface area contributed by atoms with Crippen LogP contribution >= 0.6 is 11.3 Å². The topological polar surface area (TPSA) is 64.6 Å². The van der Waals surface area contributed by atoms with Gasteiger partial charge in [-0.05, 0) is 54.8 Å². The smallest absolute Gasteiger partial charge is 0.341 e. The van der Waals surface area contributed by atoms with Gasteiger partial charge in [0.1, 0.15) is 22.1 Å². The highest BCUT2D eigenvalue weighted by atomic mass is 32.1. The third kappa shape index (κ3) is 5.75. The maximum atomic E-state index is 13.4. The van der Waals surface area contributed by atoms with Crippen LogP contribution in [-0.2, 0) is 9.53 Å². The number of hydrogen-bond donors (Lipinski definition) is 1. The molecule has 0 fully saturated rings. The quantitative estimate of drug-likeness (QED) is 0.276. The molecule has 35 heavy (non-hydrogen) atoms. The van der Waals surface area contributed by atoms with Gasteiger partial charge < -0.3 is 14.8 Å². The first-order valence-electron chi connectivity index (χ1n) is 11.1. The van der Waals surface area contributed by atoms with Crippen LogP contribution in [0, 0.1) is 5.82 Å². The number of rotatable bonds is 8. The lowest BCUT2D eigenvalue weighted by Crippen LogP contribution is -2.30. The van der Waals surface area contributed by atoms with E-state index in [2.05, 4.69) is 5.32 Å². The predicted octanol–water partition coefficient (Wildman–Crippen LogP) is 6.80. The van der Waals surface area contributed by atoms with Crippen LogP contribution in [-0.4, -0.2) is 24.6 Å². The van der Waals surface area contributed by atoms with Gasteiger partial charge in [-0.1, -0.05) is 54.6 Å². The van der Waals surface area contributed by atoms with E-state index in [4.69, 9.17) is 9.47 Å². The van der Waals surface area contributed by atoms with Gasteiger partial charge in [0.25, 0.3) is 5.91 Å². The number of nitrogens with one attached hydrogen (secondary N) is 1. The first kappa shape index (κ1) is 24.2. The Labute approximate surface area is 207 Å². The predicted molar refractivity (Wildman–Crippen MR) is 136 cm³/mol. The summed E-state index contributed by atoms with van der Waals surface area (Å²) < 4.78 is 24.4. The van der Waals surface area contributed by atoms with E-state index in [1.165, 1.54) is 23.5 Å². The maximum Gasteiger partial charge on any atom is 0.341 e. The molecule has 0 aliphatic rings. The van der Waals surface area contributed by atoms with Gasteiger partial charge in [0, 0.05) is 10.9 Å². The lowest BCUT2D eigenvalue weighted by molar-refractivity contribution is -0.122. The van der Waals surface area contributed by atoms with Crippen molar-refractivity contribution in [3.05, 3.63) is 95.6 Å². The highest BCUT2D eigenvalue weighted by molar-refractivity contribution is 7.15. The summed E-state index contributed by atoms with van der Waals surface area (Å²) in [6.45, 7) is 3.53. The van der Waals surface area contributed by atoms with Crippen LogP contribution in [0.5, 0.6) is 5.75 Å². The van der Waals surface area contributed by atoms with Crippen molar-refractivity contribution < 1.29 is 23.5 Å². The molecule has 0 aliphatic heterocycles. The van der Waals surface area contributed by atoms with Gasteiger partial charge in [-0.3, -0.25) is 4.79 Å². The van der Waals surface area contributed by atoms with Gasteiger partial charge in [-0.15, -0.1) is 11.3 Å². The SMILES string of the molecule is CCOC(=O)c1c(-c2ccc(F)cc2)csc1NC(=O)C(C)Oc1ccc(-c2ccccc2)cc1. The minimum atomic E-state index is -0.816. The molecule has 4 rings (SSSR count). The van der Waals surface area contributed by atoms with Crippen LogP contribution in [0.3, 0.4) is 0 Å². The molecule has 1 heterocycles. The summed E-state index contributed by atoms with van der Waals surface area (Å²) in [4.78, 5) is 25.6. The minimum Gasteiger partial charge on any atom is -0.481 e. The van der Waals surface area contributed by atoms with E-state index in [1.807, 2.05) is 54.6 Å². The number of ether oxygens (including phenoxy) is 2. The Morgan fingerprint density at radius 1 is 0.914 bits per heavy atom. The Balaban J connectivity index is 1.49. The summed E-state index contributed by atoms with van der Waals surface area (Å²) in [5.41, 5.74) is 3.58. The summed E-state index contributed by atoms with van der Waals surface area (Å²) in [6.07, 6.45) is -0.816. The summed E-state index contributed by atoms with van der Waals surface area (Å²) in [5, 5.41) is 4.88. The summed E-state index contributed by atoms with van der Waals surface area (Å²) >= 11 is 1.20. The van der Waals surface area contributed by atoms with Gasteiger partial charge in [-0.2, -0.15) is 0 Å². The molecule has 178 valence electrons.